The summed E-state index contributed by atoms with van der Waals surface area (Å²) in [6, 6.07) is 0. The Kier molecular flexibility index (Phi) is 5.60. The van der Waals surface area contributed by atoms with Crippen molar-refractivity contribution in [1.29, 1.82) is 0 Å². The molecule has 1 aliphatic heterocycles. The Hall–Kier alpha value is -0.650. The zero-order valence-electron chi connectivity index (χ0n) is 12.2. The third kappa shape index (κ3) is 3.68. The topological polar surface area (TPSA) is 37.4 Å². The van der Waals surface area contributed by atoms with Gasteiger partial charge in [-0.2, -0.15) is 0 Å². The van der Waals surface area contributed by atoms with Crippen LogP contribution in [-0.2, 0) is 17.7 Å². The van der Waals surface area contributed by atoms with Crippen LogP contribution in [0.2, 0.25) is 0 Å². The minimum absolute atomic E-state index is 0.390. The number of hydrogen-bond acceptors (Lipinski definition) is 5. The highest BCUT2D eigenvalue weighted by Gasteiger charge is 2.21. The van der Waals surface area contributed by atoms with Crippen molar-refractivity contribution in [3.63, 3.8) is 0 Å². The van der Waals surface area contributed by atoms with E-state index in [1.165, 1.54) is 23.4 Å². The SMILES string of the molecule is CCc1nc(N(CC)CC2CCCO2)sc1CNC. The summed E-state index contributed by atoms with van der Waals surface area (Å²) in [5.41, 5.74) is 1.24. The molecule has 0 spiro atoms. The summed E-state index contributed by atoms with van der Waals surface area (Å²) in [6.07, 6.45) is 3.78. The molecular weight excluding hydrogens is 258 g/mol. The van der Waals surface area contributed by atoms with Crippen molar-refractivity contribution in [3.05, 3.63) is 10.6 Å². The predicted molar refractivity (Wildman–Crippen MR) is 81.1 cm³/mol. The van der Waals surface area contributed by atoms with E-state index in [9.17, 15) is 0 Å². The second-order valence-corrected chi connectivity index (χ2v) is 5.99. The van der Waals surface area contributed by atoms with Gasteiger partial charge in [0.2, 0.25) is 0 Å². The highest BCUT2D eigenvalue weighted by molar-refractivity contribution is 7.15. The summed E-state index contributed by atoms with van der Waals surface area (Å²) in [4.78, 5) is 8.54. The largest absolute Gasteiger partial charge is 0.376 e. The highest BCUT2D eigenvalue weighted by atomic mass is 32.1. The molecule has 19 heavy (non-hydrogen) atoms. The average Bonchev–Trinajstić information content (AvgIpc) is 3.05. The molecule has 4 nitrogen and oxygen atoms in total. The van der Waals surface area contributed by atoms with Gasteiger partial charge in [-0.1, -0.05) is 6.92 Å². The molecule has 0 radical (unpaired) electrons. The summed E-state index contributed by atoms with van der Waals surface area (Å²) in [6.45, 7) is 8.18. The maximum Gasteiger partial charge on any atom is 0.185 e. The molecule has 1 atom stereocenters. The Morgan fingerprint density at radius 3 is 2.89 bits per heavy atom. The van der Waals surface area contributed by atoms with Crippen molar-refractivity contribution in [1.82, 2.24) is 10.3 Å². The Morgan fingerprint density at radius 2 is 2.32 bits per heavy atom. The molecule has 0 aliphatic carbocycles. The zero-order chi connectivity index (χ0) is 13.7. The fraction of sp³-hybridized carbons (Fsp3) is 0.786. The monoisotopic (exact) mass is 283 g/mol. The first-order chi connectivity index (χ1) is 9.28. The van der Waals surface area contributed by atoms with E-state index in [0.717, 1.165) is 37.8 Å². The number of likely N-dealkylation sites (N-methyl/N-ethyl adjacent to an activating group) is 1. The van der Waals surface area contributed by atoms with Gasteiger partial charge in [0.05, 0.1) is 11.8 Å². The van der Waals surface area contributed by atoms with Crippen molar-refractivity contribution in [2.24, 2.45) is 0 Å². The van der Waals surface area contributed by atoms with E-state index >= 15 is 0 Å². The highest BCUT2D eigenvalue weighted by Crippen LogP contribution is 2.28. The van der Waals surface area contributed by atoms with Crippen LogP contribution in [0.5, 0.6) is 0 Å². The maximum atomic E-state index is 5.74. The summed E-state index contributed by atoms with van der Waals surface area (Å²) < 4.78 is 5.74. The standard InChI is InChI=1S/C14H25N3OS/c1-4-12-13(9-15-3)19-14(16-12)17(5-2)10-11-7-6-8-18-11/h11,15H,4-10H2,1-3H3. The molecule has 1 aromatic rings. The molecule has 0 aromatic carbocycles. The van der Waals surface area contributed by atoms with Gasteiger partial charge in [-0.05, 0) is 33.2 Å². The Labute approximate surface area is 120 Å². The number of rotatable bonds is 7. The number of aromatic nitrogens is 1. The molecular formula is C14H25N3OS. The van der Waals surface area contributed by atoms with Crippen LogP contribution in [0.4, 0.5) is 5.13 Å². The molecule has 1 aliphatic rings. The number of anilines is 1. The number of nitrogens with zero attached hydrogens (tertiary/aromatic N) is 2. The number of nitrogens with one attached hydrogen (secondary N) is 1. The van der Waals surface area contributed by atoms with E-state index in [1.54, 1.807) is 0 Å². The third-order valence-electron chi connectivity index (χ3n) is 3.54. The molecule has 108 valence electrons. The van der Waals surface area contributed by atoms with E-state index < -0.39 is 0 Å². The minimum Gasteiger partial charge on any atom is -0.376 e. The summed E-state index contributed by atoms with van der Waals surface area (Å²) >= 11 is 1.82. The van der Waals surface area contributed by atoms with Gasteiger partial charge < -0.3 is 15.0 Å². The first-order valence-electron chi connectivity index (χ1n) is 7.28. The molecule has 0 bridgehead atoms. The molecule has 0 amide bonds. The van der Waals surface area contributed by atoms with Crippen molar-refractivity contribution >= 4 is 16.5 Å². The summed E-state index contributed by atoms with van der Waals surface area (Å²) in [5.74, 6) is 0. The molecule has 1 saturated heterocycles. The fourth-order valence-corrected chi connectivity index (χ4v) is 3.69. The number of hydrogen-bond donors (Lipinski definition) is 1. The van der Waals surface area contributed by atoms with Crippen molar-refractivity contribution in [3.8, 4) is 0 Å². The van der Waals surface area contributed by atoms with E-state index in [4.69, 9.17) is 9.72 Å². The van der Waals surface area contributed by atoms with Crippen molar-refractivity contribution in [2.75, 3.05) is 31.6 Å². The molecule has 1 aromatic heterocycles. The van der Waals surface area contributed by atoms with Gasteiger partial charge in [0.25, 0.3) is 0 Å². The minimum atomic E-state index is 0.390. The molecule has 2 rings (SSSR count). The average molecular weight is 283 g/mol. The lowest BCUT2D eigenvalue weighted by Gasteiger charge is -2.23. The Bertz CT molecular complexity index is 388. The third-order valence-corrected chi connectivity index (χ3v) is 4.70. The summed E-state index contributed by atoms with van der Waals surface area (Å²) in [7, 11) is 1.99. The number of aryl methyl sites for hydroxylation is 1. The molecule has 1 N–H and O–H groups in total. The van der Waals surface area contributed by atoms with Gasteiger partial charge in [-0.3, -0.25) is 0 Å². The smallest absolute Gasteiger partial charge is 0.185 e. The van der Waals surface area contributed by atoms with Gasteiger partial charge in [-0.25, -0.2) is 4.98 Å². The first-order valence-corrected chi connectivity index (χ1v) is 8.09. The normalized spacial score (nSPS) is 19.0. The number of ether oxygens (including phenoxy) is 1. The summed E-state index contributed by atoms with van der Waals surface area (Å²) in [5, 5.41) is 4.38. The Morgan fingerprint density at radius 1 is 1.47 bits per heavy atom. The van der Waals surface area contributed by atoms with Gasteiger partial charge in [0.15, 0.2) is 5.13 Å². The van der Waals surface area contributed by atoms with Crippen LogP contribution in [0, 0.1) is 0 Å². The van der Waals surface area contributed by atoms with Gasteiger partial charge in [-0.15, -0.1) is 11.3 Å². The van der Waals surface area contributed by atoms with E-state index in [1.807, 2.05) is 18.4 Å². The Balaban J connectivity index is 2.08. The van der Waals surface area contributed by atoms with E-state index in [0.29, 0.717) is 6.10 Å². The second kappa shape index (κ2) is 7.22. The zero-order valence-corrected chi connectivity index (χ0v) is 13.1. The van der Waals surface area contributed by atoms with Gasteiger partial charge in [0, 0.05) is 31.1 Å². The predicted octanol–water partition coefficient (Wildman–Crippen LogP) is 2.43. The number of thiazole rings is 1. The van der Waals surface area contributed by atoms with Crippen LogP contribution in [0.15, 0.2) is 0 Å². The molecule has 1 fully saturated rings. The fourth-order valence-electron chi connectivity index (χ4n) is 2.46. The molecule has 5 heteroatoms. The van der Waals surface area contributed by atoms with Crippen LogP contribution in [-0.4, -0.2) is 37.8 Å². The first kappa shape index (κ1) is 14.8. The van der Waals surface area contributed by atoms with E-state index in [2.05, 4.69) is 24.1 Å². The van der Waals surface area contributed by atoms with Crippen LogP contribution < -0.4 is 10.2 Å². The second-order valence-electron chi connectivity index (χ2n) is 4.92. The molecule has 0 saturated carbocycles. The van der Waals surface area contributed by atoms with Crippen LogP contribution in [0.1, 0.15) is 37.3 Å². The quantitative estimate of drug-likeness (QED) is 0.834. The van der Waals surface area contributed by atoms with Crippen LogP contribution >= 0.6 is 11.3 Å². The maximum absolute atomic E-state index is 5.74. The lowest BCUT2D eigenvalue weighted by Crippen LogP contribution is -2.31. The van der Waals surface area contributed by atoms with Gasteiger partial charge >= 0.3 is 0 Å². The van der Waals surface area contributed by atoms with Gasteiger partial charge in [0.1, 0.15) is 0 Å². The molecule has 2 heterocycles. The van der Waals surface area contributed by atoms with Crippen LogP contribution in [0.25, 0.3) is 0 Å². The van der Waals surface area contributed by atoms with E-state index in [-0.39, 0.29) is 0 Å². The van der Waals surface area contributed by atoms with Crippen LogP contribution in [0.3, 0.4) is 0 Å². The van der Waals surface area contributed by atoms with Crippen molar-refractivity contribution < 1.29 is 4.74 Å². The lowest BCUT2D eigenvalue weighted by molar-refractivity contribution is 0.115. The molecule has 1 unspecified atom stereocenters. The lowest BCUT2D eigenvalue weighted by atomic mass is 10.2. The van der Waals surface area contributed by atoms with Crippen molar-refractivity contribution in [2.45, 2.75) is 45.8 Å².